The SMILES string of the molecule is COCCCN1C(=O)C(O)=C(C(=O)C=Cc2ccccc2)C1c1ccc(OCc2ccccc2)cc1. The van der Waals surface area contributed by atoms with Gasteiger partial charge in [0.25, 0.3) is 5.91 Å². The number of benzene rings is 3. The van der Waals surface area contributed by atoms with Gasteiger partial charge < -0.3 is 19.5 Å². The second-order valence-electron chi connectivity index (χ2n) is 8.46. The van der Waals surface area contributed by atoms with Crippen molar-refractivity contribution in [2.75, 3.05) is 20.3 Å². The van der Waals surface area contributed by atoms with Crippen LogP contribution < -0.4 is 4.74 Å². The quantitative estimate of drug-likeness (QED) is 0.297. The number of aliphatic hydroxyl groups is 1. The van der Waals surface area contributed by atoms with Crippen LogP contribution in [0.25, 0.3) is 6.08 Å². The molecule has 36 heavy (non-hydrogen) atoms. The van der Waals surface area contributed by atoms with Crippen molar-refractivity contribution >= 4 is 17.8 Å². The number of hydrogen-bond acceptors (Lipinski definition) is 5. The first-order chi connectivity index (χ1) is 17.6. The lowest BCUT2D eigenvalue weighted by Gasteiger charge is -2.26. The summed E-state index contributed by atoms with van der Waals surface area (Å²) in [7, 11) is 1.59. The van der Waals surface area contributed by atoms with Crippen molar-refractivity contribution < 1.29 is 24.2 Å². The number of carbonyl (C=O) groups excluding carboxylic acids is 2. The summed E-state index contributed by atoms with van der Waals surface area (Å²) in [5.74, 6) is -0.808. The maximum atomic E-state index is 13.2. The van der Waals surface area contributed by atoms with Crippen LogP contribution in [-0.2, 0) is 20.9 Å². The average molecular weight is 484 g/mol. The molecule has 0 spiro atoms. The molecule has 3 aromatic rings. The molecule has 3 aromatic carbocycles. The Balaban J connectivity index is 1.58. The smallest absolute Gasteiger partial charge is 0.290 e. The van der Waals surface area contributed by atoms with E-state index in [4.69, 9.17) is 9.47 Å². The molecule has 0 bridgehead atoms. The highest BCUT2D eigenvalue weighted by molar-refractivity contribution is 6.14. The van der Waals surface area contributed by atoms with Crippen LogP contribution in [0.1, 0.15) is 29.2 Å². The van der Waals surface area contributed by atoms with E-state index >= 15 is 0 Å². The van der Waals surface area contributed by atoms with E-state index in [2.05, 4.69) is 0 Å². The van der Waals surface area contributed by atoms with Gasteiger partial charge in [-0.15, -0.1) is 0 Å². The Bertz CT molecular complexity index is 1230. The molecule has 0 saturated carbocycles. The van der Waals surface area contributed by atoms with Crippen LogP contribution in [0.3, 0.4) is 0 Å². The first kappa shape index (κ1) is 24.9. The molecule has 1 N–H and O–H groups in total. The molecule has 1 aliphatic rings. The van der Waals surface area contributed by atoms with Gasteiger partial charge in [-0.3, -0.25) is 9.59 Å². The van der Waals surface area contributed by atoms with Crippen LogP contribution in [0.2, 0.25) is 0 Å². The lowest BCUT2D eigenvalue weighted by molar-refractivity contribution is -0.129. The predicted octanol–water partition coefficient (Wildman–Crippen LogP) is 5.28. The number of allylic oxidation sites excluding steroid dienone is 1. The number of carbonyl (C=O) groups is 2. The van der Waals surface area contributed by atoms with Gasteiger partial charge in [0.2, 0.25) is 0 Å². The second-order valence-corrected chi connectivity index (χ2v) is 8.46. The minimum atomic E-state index is -0.703. The summed E-state index contributed by atoms with van der Waals surface area (Å²) < 4.78 is 11.0. The van der Waals surface area contributed by atoms with Gasteiger partial charge in [-0.1, -0.05) is 78.9 Å². The van der Waals surface area contributed by atoms with Crippen molar-refractivity contribution in [3.63, 3.8) is 0 Å². The molecule has 184 valence electrons. The highest BCUT2D eigenvalue weighted by Crippen LogP contribution is 2.38. The number of methoxy groups -OCH3 is 1. The molecule has 1 unspecified atom stereocenters. The molecular formula is C30H29NO5. The topological polar surface area (TPSA) is 76.1 Å². The van der Waals surface area contributed by atoms with Gasteiger partial charge in [0.1, 0.15) is 12.4 Å². The van der Waals surface area contributed by atoms with E-state index in [1.807, 2.05) is 84.9 Å². The van der Waals surface area contributed by atoms with E-state index in [-0.39, 0.29) is 5.57 Å². The fourth-order valence-corrected chi connectivity index (χ4v) is 4.17. The van der Waals surface area contributed by atoms with E-state index in [1.165, 1.54) is 11.0 Å². The van der Waals surface area contributed by atoms with Gasteiger partial charge in [-0.25, -0.2) is 0 Å². The minimum Gasteiger partial charge on any atom is -0.503 e. The third-order valence-electron chi connectivity index (χ3n) is 5.99. The molecule has 1 heterocycles. The van der Waals surface area contributed by atoms with E-state index < -0.39 is 23.5 Å². The Labute approximate surface area is 211 Å². The molecule has 6 nitrogen and oxygen atoms in total. The summed E-state index contributed by atoms with van der Waals surface area (Å²) in [4.78, 5) is 27.7. The normalized spacial score (nSPS) is 15.6. The number of rotatable bonds is 11. The number of hydrogen-bond donors (Lipinski definition) is 1. The maximum Gasteiger partial charge on any atom is 0.290 e. The Morgan fingerprint density at radius 3 is 2.31 bits per heavy atom. The number of nitrogens with zero attached hydrogens (tertiary/aromatic N) is 1. The molecule has 0 radical (unpaired) electrons. The summed E-state index contributed by atoms with van der Waals surface area (Å²) in [6, 6.07) is 25.8. The van der Waals surface area contributed by atoms with E-state index in [9.17, 15) is 14.7 Å². The van der Waals surface area contributed by atoms with Crippen LogP contribution in [0.5, 0.6) is 5.75 Å². The fraction of sp³-hybridized carbons (Fsp3) is 0.200. The largest absolute Gasteiger partial charge is 0.503 e. The standard InChI is InChI=1S/C30H29NO5/c1-35-20-8-19-31-28(24-14-16-25(17-15-24)36-21-23-11-6-3-7-12-23)27(29(33)30(31)34)26(32)18-13-22-9-4-2-5-10-22/h2-7,9-18,28,33H,8,19-21H2,1H3. The van der Waals surface area contributed by atoms with Gasteiger partial charge in [-0.05, 0) is 41.3 Å². The second kappa shape index (κ2) is 12.0. The van der Waals surface area contributed by atoms with Crippen molar-refractivity contribution in [2.45, 2.75) is 19.1 Å². The summed E-state index contributed by atoms with van der Waals surface area (Å²) >= 11 is 0. The molecule has 4 rings (SSSR count). The summed E-state index contributed by atoms with van der Waals surface area (Å²) in [6.07, 6.45) is 3.65. The summed E-state index contributed by atoms with van der Waals surface area (Å²) in [5, 5.41) is 10.7. The maximum absolute atomic E-state index is 13.2. The molecular weight excluding hydrogens is 454 g/mol. The number of ether oxygens (including phenoxy) is 2. The monoisotopic (exact) mass is 483 g/mol. The molecule has 6 heteroatoms. The van der Waals surface area contributed by atoms with Crippen molar-refractivity contribution in [2.24, 2.45) is 0 Å². The fourth-order valence-electron chi connectivity index (χ4n) is 4.17. The van der Waals surface area contributed by atoms with Crippen LogP contribution >= 0.6 is 0 Å². The zero-order chi connectivity index (χ0) is 25.3. The molecule has 0 aliphatic carbocycles. The first-order valence-electron chi connectivity index (χ1n) is 11.9. The Hall–Kier alpha value is -4.16. The minimum absolute atomic E-state index is 0.0718. The van der Waals surface area contributed by atoms with Crippen molar-refractivity contribution in [3.05, 3.63) is 119 Å². The number of amides is 1. The van der Waals surface area contributed by atoms with Gasteiger partial charge in [0.15, 0.2) is 11.5 Å². The van der Waals surface area contributed by atoms with Crippen molar-refractivity contribution in [1.29, 1.82) is 0 Å². The molecule has 1 aliphatic heterocycles. The predicted molar refractivity (Wildman–Crippen MR) is 138 cm³/mol. The van der Waals surface area contributed by atoms with Crippen LogP contribution in [0, 0.1) is 0 Å². The van der Waals surface area contributed by atoms with Gasteiger partial charge in [0.05, 0.1) is 11.6 Å². The molecule has 0 fully saturated rings. The Morgan fingerprint density at radius 2 is 1.64 bits per heavy atom. The van der Waals surface area contributed by atoms with Crippen LogP contribution in [0.4, 0.5) is 0 Å². The van der Waals surface area contributed by atoms with Gasteiger partial charge in [-0.2, -0.15) is 0 Å². The van der Waals surface area contributed by atoms with Gasteiger partial charge in [0, 0.05) is 20.3 Å². The lowest BCUT2D eigenvalue weighted by Crippen LogP contribution is -2.32. The average Bonchev–Trinajstić information content (AvgIpc) is 3.17. The van der Waals surface area contributed by atoms with E-state index in [1.54, 1.807) is 13.2 Å². The third-order valence-corrected chi connectivity index (χ3v) is 5.99. The zero-order valence-corrected chi connectivity index (χ0v) is 20.2. The lowest BCUT2D eigenvalue weighted by atomic mass is 9.95. The van der Waals surface area contributed by atoms with Gasteiger partial charge >= 0.3 is 0 Å². The first-order valence-corrected chi connectivity index (χ1v) is 11.9. The van der Waals surface area contributed by atoms with Crippen LogP contribution in [-0.4, -0.2) is 42.0 Å². The zero-order valence-electron chi connectivity index (χ0n) is 20.2. The third kappa shape index (κ3) is 5.90. The summed E-state index contributed by atoms with van der Waals surface area (Å²) in [5.41, 5.74) is 2.69. The Kier molecular flexibility index (Phi) is 8.32. The number of aliphatic hydroxyl groups excluding tert-OH is 1. The van der Waals surface area contributed by atoms with Crippen molar-refractivity contribution in [3.8, 4) is 5.75 Å². The van der Waals surface area contributed by atoms with E-state index in [0.717, 1.165) is 11.1 Å². The van der Waals surface area contributed by atoms with E-state index in [0.29, 0.717) is 37.5 Å². The molecule has 1 atom stereocenters. The highest BCUT2D eigenvalue weighted by Gasteiger charge is 2.42. The molecule has 0 saturated heterocycles. The Morgan fingerprint density at radius 1 is 0.972 bits per heavy atom. The molecule has 1 amide bonds. The summed E-state index contributed by atoms with van der Waals surface area (Å²) in [6.45, 7) is 1.23. The van der Waals surface area contributed by atoms with Crippen molar-refractivity contribution in [1.82, 2.24) is 4.90 Å². The highest BCUT2D eigenvalue weighted by atomic mass is 16.5. The van der Waals surface area contributed by atoms with Crippen LogP contribution in [0.15, 0.2) is 102 Å². The number of ketones is 1. The molecule has 0 aromatic heterocycles.